The highest BCUT2D eigenvalue weighted by molar-refractivity contribution is 5.80. The molecule has 1 aromatic rings. The summed E-state index contributed by atoms with van der Waals surface area (Å²) < 4.78 is 10.8. The number of nitrogens with zero attached hydrogens (tertiary/aromatic N) is 2. The summed E-state index contributed by atoms with van der Waals surface area (Å²) in [5.74, 6) is 2.14. The Hall–Kier alpha value is -2.48. The van der Waals surface area contributed by atoms with Gasteiger partial charge in [-0.25, -0.2) is 4.99 Å². The summed E-state index contributed by atoms with van der Waals surface area (Å²) >= 11 is 0. The number of guanidine groups is 1. The number of carbonyl (C=O) groups excluding carboxylic acids is 1. The molecule has 1 atom stereocenters. The number of methoxy groups -OCH3 is 1. The predicted molar refractivity (Wildman–Crippen MR) is 109 cm³/mol. The molecule has 8 nitrogen and oxygen atoms in total. The second-order valence-corrected chi connectivity index (χ2v) is 6.58. The molecule has 1 fully saturated rings. The Balaban J connectivity index is 1.99. The van der Waals surface area contributed by atoms with Crippen molar-refractivity contribution in [3.8, 4) is 11.5 Å². The molecular weight excluding hydrogens is 360 g/mol. The summed E-state index contributed by atoms with van der Waals surface area (Å²) in [4.78, 5) is 18.4. The van der Waals surface area contributed by atoms with Crippen molar-refractivity contribution in [3.05, 3.63) is 23.8 Å². The molecule has 0 bridgehead atoms. The fourth-order valence-corrected chi connectivity index (χ4v) is 3.10. The Morgan fingerprint density at radius 1 is 1.36 bits per heavy atom. The number of likely N-dealkylation sites (tertiary alicyclic amines) is 1. The van der Waals surface area contributed by atoms with Crippen molar-refractivity contribution in [2.24, 2.45) is 4.99 Å². The topological polar surface area (TPSA) is 95.4 Å². The van der Waals surface area contributed by atoms with Crippen LogP contribution >= 0.6 is 0 Å². The molecule has 1 amide bonds. The van der Waals surface area contributed by atoms with Gasteiger partial charge >= 0.3 is 0 Å². The third kappa shape index (κ3) is 6.30. The molecule has 1 saturated heterocycles. The predicted octanol–water partition coefficient (Wildman–Crippen LogP) is 1.13. The van der Waals surface area contributed by atoms with Gasteiger partial charge in [0, 0.05) is 32.1 Å². The third-order valence-corrected chi connectivity index (χ3v) is 4.53. The van der Waals surface area contributed by atoms with Crippen molar-refractivity contribution < 1.29 is 19.4 Å². The van der Waals surface area contributed by atoms with Crippen LogP contribution in [0.5, 0.6) is 11.5 Å². The maximum Gasteiger partial charge on any atom is 0.222 e. The van der Waals surface area contributed by atoms with Crippen molar-refractivity contribution in [2.45, 2.75) is 39.3 Å². The zero-order valence-corrected chi connectivity index (χ0v) is 17.0. The first-order valence-corrected chi connectivity index (χ1v) is 9.84. The van der Waals surface area contributed by atoms with Crippen LogP contribution in [0.3, 0.4) is 0 Å². The van der Waals surface area contributed by atoms with Crippen molar-refractivity contribution >= 4 is 11.9 Å². The average Bonchev–Trinajstić information content (AvgIpc) is 3.18. The molecule has 1 aliphatic heterocycles. The number of aliphatic hydroxyl groups excluding tert-OH is 1. The highest BCUT2D eigenvalue weighted by Gasteiger charge is 2.25. The van der Waals surface area contributed by atoms with E-state index in [0.29, 0.717) is 31.0 Å². The van der Waals surface area contributed by atoms with Gasteiger partial charge in [0.25, 0.3) is 0 Å². The van der Waals surface area contributed by atoms with Crippen LogP contribution in [0.15, 0.2) is 23.2 Å². The van der Waals surface area contributed by atoms with Gasteiger partial charge in [0.1, 0.15) is 6.61 Å². The minimum Gasteiger partial charge on any atom is -0.493 e. The molecule has 0 radical (unpaired) electrons. The average molecular weight is 393 g/mol. The SMILES string of the molecule is CCNC(=NCc1ccc(OCCO)c(OC)c1)NC1CCN(C(=O)CC)C1. The number of nitrogens with one attached hydrogen (secondary N) is 2. The van der Waals surface area contributed by atoms with Gasteiger partial charge < -0.3 is 30.1 Å². The number of amides is 1. The summed E-state index contributed by atoms with van der Waals surface area (Å²) in [6.07, 6.45) is 1.46. The molecular formula is C20H32N4O4. The highest BCUT2D eigenvalue weighted by atomic mass is 16.5. The van der Waals surface area contributed by atoms with Gasteiger partial charge in [-0.05, 0) is 31.0 Å². The molecule has 156 valence electrons. The van der Waals surface area contributed by atoms with Crippen LogP contribution in [0.25, 0.3) is 0 Å². The summed E-state index contributed by atoms with van der Waals surface area (Å²) in [5.41, 5.74) is 0.986. The zero-order valence-electron chi connectivity index (χ0n) is 17.0. The molecule has 1 aliphatic rings. The first kappa shape index (κ1) is 21.8. The van der Waals surface area contributed by atoms with Crippen LogP contribution in [0, 0.1) is 0 Å². The van der Waals surface area contributed by atoms with Crippen LogP contribution in [0.4, 0.5) is 0 Å². The van der Waals surface area contributed by atoms with Gasteiger partial charge in [0.15, 0.2) is 17.5 Å². The molecule has 0 spiro atoms. The van der Waals surface area contributed by atoms with Gasteiger partial charge in [0.2, 0.25) is 5.91 Å². The van der Waals surface area contributed by atoms with E-state index in [2.05, 4.69) is 15.6 Å². The molecule has 28 heavy (non-hydrogen) atoms. The number of hydrogen-bond donors (Lipinski definition) is 3. The van der Waals surface area contributed by atoms with E-state index >= 15 is 0 Å². The Bertz CT molecular complexity index is 666. The van der Waals surface area contributed by atoms with E-state index in [4.69, 9.17) is 14.6 Å². The van der Waals surface area contributed by atoms with E-state index in [1.807, 2.05) is 36.9 Å². The van der Waals surface area contributed by atoms with Crippen LogP contribution in [0.2, 0.25) is 0 Å². The first-order valence-electron chi connectivity index (χ1n) is 9.84. The lowest BCUT2D eigenvalue weighted by molar-refractivity contribution is -0.129. The van der Waals surface area contributed by atoms with E-state index in [0.717, 1.165) is 31.0 Å². The second kappa shape index (κ2) is 11.4. The summed E-state index contributed by atoms with van der Waals surface area (Å²) in [6.45, 7) is 6.83. The van der Waals surface area contributed by atoms with Crippen molar-refractivity contribution in [1.29, 1.82) is 0 Å². The van der Waals surface area contributed by atoms with E-state index in [1.165, 1.54) is 0 Å². The number of hydrogen-bond acceptors (Lipinski definition) is 5. The fourth-order valence-electron chi connectivity index (χ4n) is 3.10. The maximum atomic E-state index is 11.9. The molecule has 3 N–H and O–H groups in total. The van der Waals surface area contributed by atoms with Gasteiger partial charge in [-0.15, -0.1) is 0 Å². The van der Waals surface area contributed by atoms with Crippen LogP contribution in [0.1, 0.15) is 32.3 Å². The molecule has 0 aromatic heterocycles. The quantitative estimate of drug-likeness (QED) is 0.431. The fraction of sp³-hybridized carbons (Fsp3) is 0.600. The molecule has 1 unspecified atom stereocenters. The molecule has 1 aromatic carbocycles. The van der Waals surface area contributed by atoms with E-state index in [-0.39, 0.29) is 25.2 Å². The van der Waals surface area contributed by atoms with Crippen molar-refractivity contribution in [3.63, 3.8) is 0 Å². The van der Waals surface area contributed by atoms with Crippen LogP contribution in [-0.4, -0.2) is 67.9 Å². The number of benzene rings is 1. The molecule has 8 heteroatoms. The smallest absolute Gasteiger partial charge is 0.222 e. The van der Waals surface area contributed by atoms with E-state index in [9.17, 15) is 4.79 Å². The Kier molecular flexibility index (Phi) is 8.87. The largest absolute Gasteiger partial charge is 0.493 e. The Morgan fingerprint density at radius 3 is 2.86 bits per heavy atom. The minimum atomic E-state index is -0.0463. The highest BCUT2D eigenvalue weighted by Crippen LogP contribution is 2.28. The molecule has 0 aliphatic carbocycles. The second-order valence-electron chi connectivity index (χ2n) is 6.58. The third-order valence-electron chi connectivity index (χ3n) is 4.53. The maximum absolute atomic E-state index is 11.9. The summed E-state index contributed by atoms with van der Waals surface area (Å²) in [6, 6.07) is 5.85. The lowest BCUT2D eigenvalue weighted by Crippen LogP contribution is -2.45. The van der Waals surface area contributed by atoms with Gasteiger partial charge in [0.05, 0.1) is 20.3 Å². The number of carbonyl (C=O) groups is 1. The number of ether oxygens (including phenoxy) is 2. The first-order chi connectivity index (χ1) is 13.6. The lowest BCUT2D eigenvalue weighted by Gasteiger charge is -2.18. The Labute approximate surface area is 166 Å². The standard InChI is InChI=1S/C20H32N4O4/c1-4-19(26)24-9-8-16(14-24)23-20(21-5-2)22-13-15-6-7-17(28-11-10-25)18(12-15)27-3/h6-7,12,16,25H,4-5,8-11,13-14H2,1-3H3,(H2,21,22,23). The monoisotopic (exact) mass is 392 g/mol. The van der Waals surface area contributed by atoms with Crippen LogP contribution in [-0.2, 0) is 11.3 Å². The van der Waals surface area contributed by atoms with E-state index < -0.39 is 0 Å². The number of aliphatic imine (C=N–C) groups is 1. The van der Waals surface area contributed by atoms with Crippen molar-refractivity contribution in [2.75, 3.05) is 40.0 Å². The normalized spacial score (nSPS) is 16.8. The van der Waals surface area contributed by atoms with Crippen molar-refractivity contribution in [1.82, 2.24) is 15.5 Å². The van der Waals surface area contributed by atoms with Crippen LogP contribution < -0.4 is 20.1 Å². The molecule has 0 saturated carbocycles. The van der Waals surface area contributed by atoms with E-state index in [1.54, 1.807) is 7.11 Å². The van der Waals surface area contributed by atoms with Gasteiger partial charge in [-0.1, -0.05) is 13.0 Å². The molecule has 1 heterocycles. The lowest BCUT2D eigenvalue weighted by atomic mass is 10.2. The number of rotatable bonds is 9. The summed E-state index contributed by atoms with van der Waals surface area (Å²) in [7, 11) is 1.59. The van der Waals surface area contributed by atoms with Gasteiger partial charge in [-0.3, -0.25) is 4.79 Å². The summed E-state index contributed by atoms with van der Waals surface area (Å²) in [5, 5.41) is 15.6. The van der Waals surface area contributed by atoms with Gasteiger partial charge in [-0.2, -0.15) is 0 Å². The zero-order chi connectivity index (χ0) is 20.4. The minimum absolute atomic E-state index is 0.0463. The Morgan fingerprint density at radius 2 is 2.18 bits per heavy atom. The number of aliphatic hydroxyl groups is 1. The molecule has 2 rings (SSSR count).